The van der Waals surface area contributed by atoms with Gasteiger partial charge >= 0.3 is 17.9 Å². The van der Waals surface area contributed by atoms with Gasteiger partial charge in [0, 0.05) is 19.3 Å². The van der Waals surface area contributed by atoms with Crippen LogP contribution in [0.4, 0.5) is 0 Å². The summed E-state index contributed by atoms with van der Waals surface area (Å²) in [5, 5.41) is 0. The van der Waals surface area contributed by atoms with Gasteiger partial charge in [0.25, 0.3) is 0 Å². The van der Waals surface area contributed by atoms with E-state index in [-0.39, 0.29) is 31.1 Å². The summed E-state index contributed by atoms with van der Waals surface area (Å²) in [7, 11) is 0. The number of rotatable bonds is 58. The van der Waals surface area contributed by atoms with E-state index in [2.05, 4.69) is 41.5 Å². The number of hydrogen-bond acceptors (Lipinski definition) is 6. The number of carbonyl (C=O) groups is 3. The van der Waals surface area contributed by atoms with Gasteiger partial charge in [0.1, 0.15) is 13.2 Å². The van der Waals surface area contributed by atoms with E-state index in [4.69, 9.17) is 14.2 Å². The first kappa shape index (κ1) is 69.4. The Morgan fingerprint density at radius 3 is 0.732 bits per heavy atom. The molecule has 0 aliphatic carbocycles. The van der Waals surface area contributed by atoms with E-state index in [1.165, 1.54) is 244 Å². The lowest BCUT2D eigenvalue weighted by molar-refractivity contribution is -0.167. The number of carbonyl (C=O) groups excluding carboxylic acids is 3. The van der Waals surface area contributed by atoms with Gasteiger partial charge in [0.15, 0.2) is 6.10 Å². The van der Waals surface area contributed by atoms with E-state index in [1.54, 1.807) is 0 Å². The third kappa shape index (κ3) is 57.5. The molecule has 0 aromatic rings. The molecule has 0 aliphatic rings. The number of ether oxygens (including phenoxy) is 3. The molecule has 0 bridgehead atoms. The SMILES string of the molecule is CCC(C)CCCCCCCCCCCCC(=O)OC[C@@H](COC(=O)CCCCCCCCCCCCCCCCCCCCC(C)C)OC(=O)CCCCCCCCCCCCCCCCCC(C)C. The van der Waals surface area contributed by atoms with Crippen molar-refractivity contribution in [3.05, 3.63) is 0 Å². The zero-order valence-corrected chi connectivity index (χ0v) is 49.0. The normalized spacial score (nSPS) is 12.5. The average molecular weight is 1000 g/mol. The van der Waals surface area contributed by atoms with Gasteiger partial charge in [-0.1, -0.05) is 324 Å². The van der Waals surface area contributed by atoms with Gasteiger partial charge in [-0.2, -0.15) is 0 Å². The van der Waals surface area contributed by atoms with E-state index >= 15 is 0 Å². The molecule has 0 aliphatic heterocycles. The predicted octanol–water partition coefficient (Wildman–Crippen LogP) is 21.5. The van der Waals surface area contributed by atoms with Crippen molar-refractivity contribution in [2.75, 3.05) is 13.2 Å². The zero-order chi connectivity index (χ0) is 51.9. The first-order valence-electron chi connectivity index (χ1n) is 32.1. The molecule has 71 heavy (non-hydrogen) atoms. The molecule has 1 unspecified atom stereocenters. The van der Waals surface area contributed by atoms with Crippen LogP contribution in [0.3, 0.4) is 0 Å². The van der Waals surface area contributed by atoms with Crippen molar-refractivity contribution in [3.8, 4) is 0 Å². The van der Waals surface area contributed by atoms with E-state index in [0.717, 1.165) is 75.5 Å². The fourth-order valence-corrected chi connectivity index (χ4v) is 10.0. The summed E-state index contributed by atoms with van der Waals surface area (Å²) in [5.41, 5.74) is 0. The summed E-state index contributed by atoms with van der Waals surface area (Å²) in [6, 6.07) is 0. The van der Waals surface area contributed by atoms with E-state index in [0.29, 0.717) is 19.3 Å². The Bertz CT molecular complexity index is 1100. The first-order valence-corrected chi connectivity index (χ1v) is 32.1. The molecular weight excluding hydrogens is 877 g/mol. The minimum Gasteiger partial charge on any atom is -0.462 e. The van der Waals surface area contributed by atoms with Crippen LogP contribution in [0.2, 0.25) is 0 Å². The number of esters is 3. The predicted molar refractivity (Wildman–Crippen MR) is 307 cm³/mol. The van der Waals surface area contributed by atoms with Crippen molar-refractivity contribution in [2.24, 2.45) is 17.8 Å². The largest absolute Gasteiger partial charge is 0.462 e. The molecule has 0 aromatic heterocycles. The Kier molecular flexibility index (Phi) is 54.9. The van der Waals surface area contributed by atoms with Crippen LogP contribution in [-0.2, 0) is 28.6 Å². The van der Waals surface area contributed by atoms with Crippen molar-refractivity contribution in [3.63, 3.8) is 0 Å². The maximum absolute atomic E-state index is 12.9. The van der Waals surface area contributed by atoms with Gasteiger partial charge in [0.2, 0.25) is 0 Å². The Morgan fingerprint density at radius 2 is 0.493 bits per heavy atom. The summed E-state index contributed by atoms with van der Waals surface area (Å²) < 4.78 is 17.0. The average Bonchev–Trinajstić information content (AvgIpc) is 3.35. The second-order valence-corrected chi connectivity index (χ2v) is 23.6. The summed E-state index contributed by atoms with van der Waals surface area (Å²) in [6.45, 7) is 13.8. The van der Waals surface area contributed by atoms with Gasteiger partial charge in [-0.3, -0.25) is 14.4 Å². The Labute approximate surface area is 444 Å². The highest BCUT2D eigenvalue weighted by atomic mass is 16.6. The number of unbranched alkanes of at least 4 members (excludes halogenated alkanes) is 40. The molecule has 0 radical (unpaired) electrons. The van der Waals surface area contributed by atoms with E-state index in [1.807, 2.05) is 0 Å². The lowest BCUT2D eigenvalue weighted by Gasteiger charge is -2.18. The van der Waals surface area contributed by atoms with Gasteiger partial charge in [-0.15, -0.1) is 0 Å². The highest BCUT2D eigenvalue weighted by Crippen LogP contribution is 2.19. The molecule has 0 spiro atoms. The topological polar surface area (TPSA) is 78.9 Å². The molecule has 0 fully saturated rings. The lowest BCUT2D eigenvalue weighted by atomic mass is 9.99. The maximum Gasteiger partial charge on any atom is 0.306 e. The first-order chi connectivity index (χ1) is 34.6. The van der Waals surface area contributed by atoms with Crippen LogP contribution in [0.25, 0.3) is 0 Å². The minimum absolute atomic E-state index is 0.0627. The van der Waals surface area contributed by atoms with Gasteiger partial charge in [-0.25, -0.2) is 0 Å². The molecular formula is C65H126O6. The van der Waals surface area contributed by atoms with E-state index < -0.39 is 6.10 Å². The van der Waals surface area contributed by atoms with Gasteiger partial charge < -0.3 is 14.2 Å². The van der Waals surface area contributed by atoms with Crippen molar-refractivity contribution < 1.29 is 28.6 Å². The van der Waals surface area contributed by atoms with E-state index in [9.17, 15) is 14.4 Å². The summed E-state index contributed by atoms with van der Waals surface area (Å²) in [4.78, 5) is 38.3. The van der Waals surface area contributed by atoms with Crippen LogP contribution in [-0.4, -0.2) is 37.2 Å². The minimum atomic E-state index is -0.765. The maximum atomic E-state index is 12.9. The zero-order valence-electron chi connectivity index (χ0n) is 49.0. The Morgan fingerprint density at radius 1 is 0.282 bits per heavy atom. The molecule has 0 saturated heterocycles. The quantitative estimate of drug-likeness (QED) is 0.0343. The molecule has 2 atom stereocenters. The number of hydrogen-bond donors (Lipinski definition) is 0. The molecule has 0 rings (SSSR count). The molecule has 0 amide bonds. The molecule has 0 N–H and O–H groups in total. The third-order valence-electron chi connectivity index (χ3n) is 15.3. The lowest BCUT2D eigenvalue weighted by Crippen LogP contribution is -2.30. The molecule has 6 heteroatoms. The van der Waals surface area contributed by atoms with Crippen LogP contribution in [0.5, 0.6) is 0 Å². The van der Waals surface area contributed by atoms with Crippen LogP contribution in [0.1, 0.15) is 363 Å². The van der Waals surface area contributed by atoms with Crippen LogP contribution < -0.4 is 0 Å². The van der Waals surface area contributed by atoms with Crippen LogP contribution in [0.15, 0.2) is 0 Å². The second-order valence-electron chi connectivity index (χ2n) is 23.6. The standard InChI is InChI=1S/C65H126O6/c1-7-61(6)53-47-41-35-29-25-26-31-37-43-49-55-64(67)70-58-62(71-65(68)56-50-44-38-32-24-20-16-12-14-18-22-28-34-40-46-52-60(4)5)57-69-63(66)54-48-42-36-30-23-19-15-11-9-8-10-13-17-21-27-33-39-45-51-59(2)3/h59-62H,7-58H2,1-6H3/t61?,62-/m1/s1. The van der Waals surface area contributed by atoms with Crippen LogP contribution >= 0.6 is 0 Å². The van der Waals surface area contributed by atoms with Crippen molar-refractivity contribution in [1.29, 1.82) is 0 Å². The monoisotopic (exact) mass is 1000 g/mol. The second kappa shape index (κ2) is 56.1. The Hall–Kier alpha value is -1.59. The summed E-state index contributed by atoms with van der Waals surface area (Å²) in [5.74, 6) is 1.74. The summed E-state index contributed by atoms with van der Waals surface area (Å²) in [6.07, 6.45) is 61.0. The molecule has 0 saturated carbocycles. The molecule has 422 valence electrons. The van der Waals surface area contributed by atoms with Gasteiger partial charge in [-0.05, 0) is 37.0 Å². The third-order valence-corrected chi connectivity index (χ3v) is 15.3. The molecule has 0 aromatic carbocycles. The highest BCUT2D eigenvalue weighted by Gasteiger charge is 2.19. The Balaban J connectivity index is 4.27. The smallest absolute Gasteiger partial charge is 0.306 e. The molecule has 6 nitrogen and oxygen atoms in total. The fraction of sp³-hybridized carbons (Fsp3) is 0.954. The summed E-state index contributed by atoms with van der Waals surface area (Å²) >= 11 is 0. The molecule has 0 heterocycles. The van der Waals surface area contributed by atoms with Crippen molar-refractivity contribution >= 4 is 17.9 Å². The van der Waals surface area contributed by atoms with Crippen LogP contribution in [0, 0.1) is 17.8 Å². The van der Waals surface area contributed by atoms with Crippen molar-refractivity contribution in [2.45, 2.75) is 369 Å². The fourth-order valence-electron chi connectivity index (χ4n) is 10.0. The van der Waals surface area contributed by atoms with Gasteiger partial charge in [0.05, 0.1) is 0 Å². The highest BCUT2D eigenvalue weighted by molar-refractivity contribution is 5.71. The van der Waals surface area contributed by atoms with Crippen molar-refractivity contribution in [1.82, 2.24) is 0 Å².